The smallest absolute Gasteiger partial charge is 0.263 e. The molecule has 0 atom stereocenters. The van der Waals surface area contributed by atoms with Crippen molar-refractivity contribution in [3.63, 3.8) is 0 Å². The predicted molar refractivity (Wildman–Crippen MR) is 98.3 cm³/mol. The van der Waals surface area contributed by atoms with Gasteiger partial charge in [-0.15, -0.1) is 11.3 Å². The van der Waals surface area contributed by atoms with Crippen LogP contribution in [0.2, 0.25) is 5.02 Å². The van der Waals surface area contributed by atoms with E-state index in [4.69, 9.17) is 11.6 Å². The van der Waals surface area contributed by atoms with Crippen molar-refractivity contribution in [2.24, 2.45) is 0 Å². The van der Waals surface area contributed by atoms with E-state index in [9.17, 15) is 8.42 Å². The van der Waals surface area contributed by atoms with Crippen LogP contribution in [0.25, 0.3) is 10.2 Å². The average Bonchev–Trinajstić information content (AvgIpc) is 2.89. The normalized spacial score (nSPS) is 11.7. The van der Waals surface area contributed by atoms with Crippen molar-refractivity contribution in [3.05, 3.63) is 47.5 Å². The van der Waals surface area contributed by atoms with Crippen molar-refractivity contribution in [3.8, 4) is 0 Å². The molecule has 0 fully saturated rings. The van der Waals surface area contributed by atoms with E-state index < -0.39 is 10.0 Å². The van der Waals surface area contributed by atoms with Crippen molar-refractivity contribution in [2.75, 3.05) is 10.5 Å². The van der Waals surface area contributed by atoms with Crippen LogP contribution in [0, 0.1) is 0 Å². The van der Waals surface area contributed by atoms with Gasteiger partial charge in [0.25, 0.3) is 10.0 Å². The number of benzene rings is 2. The zero-order valence-corrected chi connectivity index (χ0v) is 15.3. The van der Waals surface area contributed by atoms with Gasteiger partial charge in [-0.25, -0.2) is 13.4 Å². The summed E-state index contributed by atoms with van der Waals surface area (Å²) in [6, 6.07) is 11.7. The number of thioether (sulfide) groups is 1. The molecule has 0 aliphatic heterocycles. The summed E-state index contributed by atoms with van der Waals surface area (Å²) in [4.78, 5) is 4.56. The Kier molecular flexibility index (Phi) is 4.82. The predicted octanol–water partition coefficient (Wildman–Crippen LogP) is 4.86. The first-order chi connectivity index (χ1) is 11.0. The van der Waals surface area contributed by atoms with E-state index in [1.807, 2.05) is 6.07 Å². The van der Waals surface area contributed by atoms with Gasteiger partial charge < -0.3 is 0 Å². The molecule has 0 saturated carbocycles. The molecule has 1 aromatic heterocycles. The van der Waals surface area contributed by atoms with Crippen molar-refractivity contribution >= 4 is 60.6 Å². The zero-order valence-electron chi connectivity index (χ0n) is 12.1. The molecule has 0 aliphatic rings. The summed E-state index contributed by atoms with van der Waals surface area (Å²) in [5.74, 6) is 0.950. The largest absolute Gasteiger partial charge is 0.280 e. The van der Waals surface area contributed by atoms with Crippen LogP contribution in [0.4, 0.5) is 5.69 Å². The maximum atomic E-state index is 12.5. The molecule has 3 rings (SSSR count). The van der Waals surface area contributed by atoms with Gasteiger partial charge in [0.1, 0.15) is 4.90 Å². The summed E-state index contributed by atoms with van der Waals surface area (Å²) in [5.41, 5.74) is 1.36. The molecule has 0 radical (unpaired) electrons. The third kappa shape index (κ3) is 3.63. The lowest BCUT2D eigenvalue weighted by Gasteiger charge is -2.09. The van der Waals surface area contributed by atoms with Crippen molar-refractivity contribution in [2.45, 2.75) is 16.2 Å². The van der Waals surface area contributed by atoms with Gasteiger partial charge in [-0.3, -0.25) is 4.72 Å². The summed E-state index contributed by atoms with van der Waals surface area (Å²) < 4.78 is 29.4. The molecule has 4 nitrogen and oxygen atoms in total. The van der Waals surface area contributed by atoms with Gasteiger partial charge in [-0.1, -0.05) is 42.4 Å². The monoisotopic (exact) mass is 384 g/mol. The Morgan fingerprint density at radius 2 is 2.04 bits per heavy atom. The number of hydrogen-bond acceptors (Lipinski definition) is 5. The van der Waals surface area contributed by atoms with Crippen LogP contribution in [0.1, 0.15) is 6.92 Å². The van der Waals surface area contributed by atoms with Gasteiger partial charge in [-0.05, 0) is 36.1 Å². The number of nitrogens with one attached hydrogen (secondary N) is 1. The molecule has 0 bridgehead atoms. The van der Waals surface area contributed by atoms with E-state index in [1.165, 1.54) is 6.07 Å². The van der Waals surface area contributed by atoms with Crippen LogP contribution < -0.4 is 4.72 Å². The maximum absolute atomic E-state index is 12.5. The standard InChI is InChI=1S/C15H13ClN2O2S3/c1-2-21-15-17-12-8-7-10(9-13(12)22-15)18-23(19,20)14-6-4-3-5-11(14)16/h3-9,18H,2H2,1H3. The minimum atomic E-state index is -3.72. The highest BCUT2D eigenvalue weighted by molar-refractivity contribution is 8.01. The van der Waals surface area contributed by atoms with Gasteiger partial charge in [0, 0.05) is 0 Å². The topological polar surface area (TPSA) is 59.1 Å². The summed E-state index contributed by atoms with van der Waals surface area (Å²) in [6.45, 7) is 2.07. The zero-order chi connectivity index (χ0) is 16.4. The lowest BCUT2D eigenvalue weighted by atomic mass is 10.3. The van der Waals surface area contributed by atoms with Crippen LogP contribution in [0.5, 0.6) is 0 Å². The number of halogens is 1. The second-order valence-corrected chi connectivity index (χ2v) is 9.23. The molecule has 3 aromatic rings. The third-order valence-electron chi connectivity index (χ3n) is 3.02. The molecule has 120 valence electrons. The van der Waals surface area contributed by atoms with Crippen LogP contribution in [0.15, 0.2) is 51.7 Å². The molecule has 1 N–H and O–H groups in total. The van der Waals surface area contributed by atoms with Gasteiger partial charge >= 0.3 is 0 Å². The quantitative estimate of drug-likeness (QED) is 0.638. The number of hydrogen-bond donors (Lipinski definition) is 1. The minimum absolute atomic E-state index is 0.0632. The Labute approximate surface area is 147 Å². The fourth-order valence-corrected chi connectivity index (χ4v) is 5.60. The third-order valence-corrected chi connectivity index (χ3v) is 6.94. The highest BCUT2D eigenvalue weighted by Crippen LogP contribution is 2.32. The molecule has 0 saturated heterocycles. The number of anilines is 1. The summed E-state index contributed by atoms with van der Waals surface area (Å²) in [7, 11) is -3.72. The van der Waals surface area contributed by atoms with Crippen molar-refractivity contribution in [1.29, 1.82) is 0 Å². The molecule has 1 heterocycles. The van der Waals surface area contributed by atoms with Gasteiger partial charge in [0.05, 0.1) is 20.9 Å². The number of aromatic nitrogens is 1. The van der Waals surface area contributed by atoms with Crippen molar-refractivity contribution in [1.82, 2.24) is 4.98 Å². The number of nitrogens with zero attached hydrogens (tertiary/aromatic N) is 1. The summed E-state index contributed by atoms with van der Waals surface area (Å²) >= 11 is 9.20. The number of rotatable bonds is 5. The first kappa shape index (κ1) is 16.6. The lowest BCUT2D eigenvalue weighted by molar-refractivity contribution is 0.601. The highest BCUT2D eigenvalue weighted by atomic mass is 35.5. The Balaban J connectivity index is 1.93. The van der Waals surface area contributed by atoms with Crippen LogP contribution >= 0.6 is 34.7 Å². The van der Waals surface area contributed by atoms with Crippen LogP contribution in [-0.4, -0.2) is 19.2 Å². The van der Waals surface area contributed by atoms with Gasteiger partial charge in [-0.2, -0.15) is 0 Å². The van der Waals surface area contributed by atoms with E-state index in [-0.39, 0.29) is 9.92 Å². The number of sulfonamides is 1. The first-order valence-electron chi connectivity index (χ1n) is 6.80. The molecule has 2 aromatic carbocycles. The summed E-state index contributed by atoms with van der Waals surface area (Å²) in [5, 5.41) is 0.195. The molecule has 23 heavy (non-hydrogen) atoms. The Morgan fingerprint density at radius 1 is 1.26 bits per heavy atom. The molecule has 0 spiro atoms. The highest BCUT2D eigenvalue weighted by Gasteiger charge is 2.17. The average molecular weight is 385 g/mol. The van der Waals surface area contributed by atoms with Crippen LogP contribution in [0.3, 0.4) is 0 Å². The Bertz CT molecular complexity index is 954. The van der Waals surface area contributed by atoms with E-state index >= 15 is 0 Å². The maximum Gasteiger partial charge on any atom is 0.263 e. The molecule has 0 unspecified atom stereocenters. The second-order valence-electron chi connectivity index (χ2n) is 4.63. The summed E-state index contributed by atoms with van der Waals surface area (Å²) in [6.07, 6.45) is 0. The van der Waals surface area contributed by atoms with E-state index in [0.717, 1.165) is 20.3 Å². The fourth-order valence-electron chi connectivity index (χ4n) is 2.02. The second kappa shape index (κ2) is 6.68. The van der Waals surface area contributed by atoms with E-state index in [2.05, 4.69) is 16.6 Å². The van der Waals surface area contributed by atoms with Crippen LogP contribution in [-0.2, 0) is 10.0 Å². The molecule has 0 aliphatic carbocycles. The first-order valence-corrected chi connectivity index (χ1v) is 10.5. The van der Waals surface area contributed by atoms with E-state index in [1.54, 1.807) is 53.4 Å². The van der Waals surface area contributed by atoms with Crippen molar-refractivity contribution < 1.29 is 8.42 Å². The molecular formula is C15H13ClN2O2S3. The SMILES string of the molecule is CCSc1nc2ccc(NS(=O)(=O)c3ccccc3Cl)cc2s1. The Hall–Kier alpha value is -1.28. The Morgan fingerprint density at radius 3 is 2.78 bits per heavy atom. The fraction of sp³-hybridized carbons (Fsp3) is 0.133. The lowest BCUT2D eigenvalue weighted by Crippen LogP contribution is -2.13. The number of thiazole rings is 1. The minimum Gasteiger partial charge on any atom is -0.280 e. The van der Waals surface area contributed by atoms with Gasteiger partial charge in [0.2, 0.25) is 0 Å². The molecular weight excluding hydrogens is 372 g/mol. The van der Waals surface area contributed by atoms with Gasteiger partial charge in [0.15, 0.2) is 4.34 Å². The molecule has 8 heteroatoms. The molecule has 0 amide bonds. The number of fused-ring (bicyclic) bond motifs is 1. The van der Waals surface area contributed by atoms with E-state index in [0.29, 0.717) is 5.69 Å².